The Hall–Kier alpha value is -0.260. The zero-order valence-electron chi connectivity index (χ0n) is 8.45. The van der Waals surface area contributed by atoms with Crippen LogP contribution in [-0.4, -0.2) is 47.8 Å². The summed E-state index contributed by atoms with van der Waals surface area (Å²) >= 11 is 1.88. The fourth-order valence-corrected chi connectivity index (χ4v) is 2.26. The molecule has 0 spiro atoms. The van der Waals surface area contributed by atoms with Gasteiger partial charge in [-0.15, -0.1) is 0 Å². The Bertz CT molecular complexity index is 182. The molecule has 1 aliphatic heterocycles. The van der Waals surface area contributed by atoms with E-state index in [9.17, 15) is 4.79 Å². The third-order valence-corrected chi connectivity index (χ3v) is 3.16. The molecule has 2 atom stereocenters. The number of hydrogen-bond donors (Lipinski definition) is 3. The van der Waals surface area contributed by atoms with Crippen molar-refractivity contribution in [2.24, 2.45) is 0 Å². The first kappa shape index (κ1) is 11.8. The van der Waals surface area contributed by atoms with Crippen LogP contribution in [0.5, 0.6) is 0 Å². The predicted octanol–water partition coefficient (Wildman–Crippen LogP) is -0.421. The summed E-state index contributed by atoms with van der Waals surface area (Å²) in [6.07, 6.45) is 0.0485. The van der Waals surface area contributed by atoms with Crippen molar-refractivity contribution in [2.45, 2.75) is 25.5 Å². The molecule has 1 aliphatic rings. The first-order valence-corrected chi connectivity index (χ1v) is 6.10. The fraction of sp³-hybridized carbons (Fsp3) is 0.889. The van der Waals surface area contributed by atoms with E-state index in [4.69, 9.17) is 5.11 Å². The van der Waals surface area contributed by atoms with Crippen LogP contribution in [-0.2, 0) is 4.79 Å². The van der Waals surface area contributed by atoms with Crippen molar-refractivity contribution in [3.63, 3.8) is 0 Å². The molecule has 4 nitrogen and oxygen atoms in total. The highest BCUT2D eigenvalue weighted by molar-refractivity contribution is 7.99. The van der Waals surface area contributed by atoms with Gasteiger partial charge in [0.25, 0.3) is 0 Å². The number of carbonyl (C=O) groups excluding carboxylic acids is 1. The van der Waals surface area contributed by atoms with Gasteiger partial charge >= 0.3 is 0 Å². The lowest BCUT2D eigenvalue weighted by atomic mass is 10.2. The van der Waals surface area contributed by atoms with Crippen molar-refractivity contribution in [3.8, 4) is 0 Å². The summed E-state index contributed by atoms with van der Waals surface area (Å²) in [5.41, 5.74) is 0. The molecule has 0 aromatic heterocycles. The first-order valence-electron chi connectivity index (χ1n) is 4.94. The number of rotatable bonds is 4. The van der Waals surface area contributed by atoms with Crippen molar-refractivity contribution >= 4 is 17.7 Å². The zero-order valence-corrected chi connectivity index (χ0v) is 9.27. The van der Waals surface area contributed by atoms with Crippen molar-refractivity contribution in [1.29, 1.82) is 0 Å². The van der Waals surface area contributed by atoms with Crippen molar-refractivity contribution in [1.82, 2.24) is 10.6 Å². The largest absolute Gasteiger partial charge is 0.392 e. The van der Waals surface area contributed by atoms with E-state index < -0.39 is 6.10 Å². The lowest BCUT2D eigenvalue weighted by Crippen LogP contribution is -2.42. The van der Waals surface area contributed by atoms with Crippen LogP contribution in [0, 0.1) is 0 Å². The van der Waals surface area contributed by atoms with Gasteiger partial charge in [-0.2, -0.15) is 11.8 Å². The van der Waals surface area contributed by atoms with Crippen LogP contribution in [0.25, 0.3) is 0 Å². The molecule has 0 saturated carbocycles. The van der Waals surface area contributed by atoms with Crippen LogP contribution in [0.15, 0.2) is 0 Å². The third kappa shape index (κ3) is 4.83. The topological polar surface area (TPSA) is 61.4 Å². The van der Waals surface area contributed by atoms with E-state index in [2.05, 4.69) is 10.6 Å². The van der Waals surface area contributed by atoms with E-state index >= 15 is 0 Å². The van der Waals surface area contributed by atoms with Crippen molar-refractivity contribution in [3.05, 3.63) is 0 Å². The van der Waals surface area contributed by atoms with Gasteiger partial charge in [-0.1, -0.05) is 0 Å². The number of carbonyl (C=O) groups is 1. The van der Waals surface area contributed by atoms with Crippen LogP contribution < -0.4 is 10.6 Å². The van der Waals surface area contributed by atoms with E-state index in [1.165, 1.54) is 0 Å². The molecule has 3 N–H and O–H groups in total. The van der Waals surface area contributed by atoms with Gasteiger partial charge in [0.1, 0.15) is 0 Å². The van der Waals surface area contributed by atoms with Crippen LogP contribution in [0.3, 0.4) is 0 Å². The van der Waals surface area contributed by atoms with E-state index in [0.717, 1.165) is 18.1 Å². The molecule has 5 heteroatoms. The molecule has 0 aromatic rings. The second-order valence-electron chi connectivity index (χ2n) is 3.58. The fourth-order valence-electron chi connectivity index (χ4n) is 1.31. The van der Waals surface area contributed by atoms with Crippen molar-refractivity contribution in [2.75, 3.05) is 24.6 Å². The zero-order chi connectivity index (χ0) is 10.4. The lowest BCUT2D eigenvalue weighted by Gasteiger charge is -2.22. The summed E-state index contributed by atoms with van der Waals surface area (Å²) in [6.45, 7) is 2.99. The second-order valence-corrected chi connectivity index (χ2v) is 4.73. The third-order valence-electron chi connectivity index (χ3n) is 2.02. The monoisotopic (exact) mass is 218 g/mol. The van der Waals surface area contributed by atoms with E-state index in [0.29, 0.717) is 19.0 Å². The highest BCUT2D eigenvalue weighted by Gasteiger charge is 2.16. The molecule has 0 aromatic carbocycles. The number of hydrogen-bond acceptors (Lipinski definition) is 4. The number of nitrogens with one attached hydrogen (secondary N) is 2. The molecule has 0 bridgehead atoms. The summed E-state index contributed by atoms with van der Waals surface area (Å²) in [4.78, 5) is 11.3. The minimum atomic E-state index is -0.465. The summed E-state index contributed by atoms with van der Waals surface area (Å²) in [5.74, 6) is 2.15. The number of aliphatic hydroxyl groups is 1. The van der Waals surface area contributed by atoms with Gasteiger partial charge in [-0.3, -0.25) is 4.79 Å². The Labute approximate surface area is 88.8 Å². The summed E-state index contributed by atoms with van der Waals surface area (Å²) in [7, 11) is 0. The Morgan fingerprint density at radius 2 is 2.57 bits per heavy atom. The average molecular weight is 218 g/mol. The van der Waals surface area contributed by atoms with Crippen LogP contribution >= 0.6 is 11.8 Å². The minimum Gasteiger partial charge on any atom is -0.392 e. The van der Waals surface area contributed by atoms with E-state index in [-0.39, 0.29) is 5.91 Å². The Balaban J connectivity index is 2.12. The molecule has 1 fully saturated rings. The van der Waals surface area contributed by atoms with Crippen LogP contribution in [0.2, 0.25) is 0 Å². The molecular formula is C9H18N2O2S. The highest BCUT2D eigenvalue weighted by atomic mass is 32.2. The quantitative estimate of drug-likeness (QED) is 0.600. The molecular weight excluding hydrogens is 200 g/mol. The number of aliphatic hydroxyl groups excluding tert-OH is 1. The van der Waals surface area contributed by atoms with Crippen molar-refractivity contribution < 1.29 is 9.90 Å². The molecule has 1 heterocycles. The Kier molecular flexibility index (Phi) is 5.29. The van der Waals surface area contributed by atoms with Crippen LogP contribution in [0.1, 0.15) is 13.3 Å². The molecule has 1 saturated heterocycles. The van der Waals surface area contributed by atoms with Gasteiger partial charge in [0, 0.05) is 37.1 Å². The number of amides is 1. The Morgan fingerprint density at radius 3 is 3.14 bits per heavy atom. The second kappa shape index (κ2) is 6.27. The normalized spacial score (nSPS) is 24.3. The molecule has 0 radical (unpaired) electrons. The SMILES string of the molecule is C[C@@H](O)CNC(=O)CC1CSCCN1. The maximum Gasteiger partial charge on any atom is 0.221 e. The minimum absolute atomic E-state index is 0.0194. The van der Waals surface area contributed by atoms with Gasteiger partial charge in [-0.05, 0) is 6.92 Å². The molecule has 82 valence electrons. The standard InChI is InChI=1S/C9H18N2O2S/c1-7(12)5-11-9(13)4-8-6-14-3-2-10-8/h7-8,10,12H,2-6H2,1H3,(H,11,13)/t7-,8?/m1/s1. The van der Waals surface area contributed by atoms with Gasteiger partial charge < -0.3 is 15.7 Å². The maximum atomic E-state index is 11.3. The maximum absolute atomic E-state index is 11.3. The average Bonchev–Trinajstić information content (AvgIpc) is 2.16. The highest BCUT2D eigenvalue weighted by Crippen LogP contribution is 2.09. The Morgan fingerprint density at radius 1 is 1.79 bits per heavy atom. The van der Waals surface area contributed by atoms with Gasteiger partial charge in [0.05, 0.1) is 6.10 Å². The lowest BCUT2D eigenvalue weighted by molar-refractivity contribution is -0.121. The summed E-state index contributed by atoms with van der Waals surface area (Å²) < 4.78 is 0. The summed E-state index contributed by atoms with van der Waals surface area (Å²) in [5, 5.41) is 15.0. The predicted molar refractivity (Wildman–Crippen MR) is 58.4 cm³/mol. The molecule has 0 aliphatic carbocycles. The van der Waals surface area contributed by atoms with Gasteiger partial charge in [0.15, 0.2) is 0 Å². The van der Waals surface area contributed by atoms with E-state index in [1.807, 2.05) is 11.8 Å². The first-order chi connectivity index (χ1) is 6.68. The van der Waals surface area contributed by atoms with Gasteiger partial charge in [0.2, 0.25) is 5.91 Å². The molecule has 1 rings (SSSR count). The smallest absolute Gasteiger partial charge is 0.221 e. The molecule has 1 amide bonds. The number of thioether (sulfide) groups is 1. The molecule has 1 unspecified atom stereocenters. The van der Waals surface area contributed by atoms with E-state index in [1.54, 1.807) is 6.92 Å². The molecule has 14 heavy (non-hydrogen) atoms. The van der Waals surface area contributed by atoms with Gasteiger partial charge in [-0.25, -0.2) is 0 Å². The summed E-state index contributed by atoms with van der Waals surface area (Å²) in [6, 6.07) is 0.294. The van der Waals surface area contributed by atoms with Crippen LogP contribution in [0.4, 0.5) is 0 Å².